The largest absolute Gasteiger partial charge is 0.394 e. The summed E-state index contributed by atoms with van der Waals surface area (Å²) in [5.74, 6) is -0.468. The Morgan fingerprint density at radius 2 is 1.76 bits per heavy atom. The molecule has 0 spiro atoms. The van der Waals surface area contributed by atoms with Crippen LogP contribution in [-0.4, -0.2) is 48.2 Å². The molecule has 5 nitrogen and oxygen atoms in total. The quantitative estimate of drug-likeness (QED) is 0.415. The van der Waals surface area contributed by atoms with Gasteiger partial charge in [-0.1, -0.05) is 12.2 Å². The Morgan fingerprint density at radius 3 is 2.29 bits per heavy atom. The molecule has 1 N–H and O–H groups in total. The van der Waals surface area contributed by atoms with Crippen molar-refractivity contribution in [3.05, 3.63) is 12.2 Å². The zero-order chi connectivity index (χ0) is 12.3. The number of imide groups is 1. The van der Waals surface area contributed by atoms with Crippen molar-refractivity contribution in [2.75, 3.05) is 26.4 Å². The minimum absolute atomic E-state index is 0.0446. The van der Waals surface area contributed by atoms with Crippen LogP contribution in [0.4, 0.5) is 0 Å². The van der Waals surface area contributed by atoms with Crippen LogP contribution in [0, 0.1) is 11.8 Å². The van der Waals surface area contributed by atoms with Crippen LogP contribution in [0.5, 0.6) is 0 Å². The molecule has 0 aromatic carbocycles. The maximum atomic E-state index is 12.0. The first kappa shape index (κ1) is 12.3. The minimum Gasteiger partial charge on any atom is -0.394 e. The summed E-state index contributed by atoms with van der Waals surface area (Å²) in [6, 6.07) is 0. The van der Waals surface area contributed by atoms with Crippen molar-refractivity contribution < 1.29 is 19.4 Å². The summed E-state index contributed by atoms with van der Waals surface area (Å²) in [6.07, 6.45) is 5.28. The van der Waals surface area contributed by atoms with Crippen LogP contribution >= 0.6 is 0 Å². The number of hydrogen-bond acceptors (Lipinski definition) is 4. The lowest BCUT2D eigenvalue weighted by Crippen LogP contribution is -2.34. The highest BCUT2D eigenvalue weighted by Gasteiger charge is 2.46. The van der Waals surface area contributed by atoms with Crippen molar-refractivity contribution in [2.45, 2.75) is 12.8 Å². The number of hydrogen-bond donors (Lipinski definition) is 1. The summed E-state index contributed by atoms with van der Waals surface area (Å²) in [5.41, 5.74) is 0. The molecule has 1 fully saturated rings. The maximum absolute atomic E-state index is 12.0. The lowest BCUT2D eigenvalue weighted by atomic mass is 9.85. The molecular formula is C12H17NO4. The van der Waals surface area contributed by atoms with Gasteiger partial charge in [-0.25, -0.2) is 0 Å². The fraction of sp³-hybridized carbons (Fsp3) is 0.667. The number of rotatable bonds is 5. The number of carbonyl (C=O) groups is 2. The molecule has 2 atom stereocenters. The van der Waals surface area contributed by atoms with Gasteiger partial charge in [0.25, 0.3) is 0 Å². The van der Waals surface area contributed by atoms with Gasteiger partial charge in [0.05, 0.1) is 38.2 Å². The SMILES string of the molecule is O=C1[C@H]2CC=CC[C@H]2C(=O)N1CCOCCO. The molecule has 5 heteroatoms. The zero-order valence-electron chi connectivity index (χ0n) is 9.67. The number of nitrogens with zero attached hydrogens (tertiary/aromatic N) is 1. The van der Waals surface area contributed by atoms with E-state index in [1.54, 1.807) is 0 Å². The van der Waals surface area contributed by atoms with E-state index in [0.29, 0.717) is 26.0 Å². The standard InChI is InChI=1S/C12H17NO4/c14-6-8-17-7-5-13-11(15)9-3-1-2-4-10(9)12(13)16/h1-2,9-10,14H,3-8H2/t9-,10+. The summed E-state index contributed by atoms with van der Waals surface area (Å²) in [7, 11) is 0. The highest BCUT2D eigenvalue weighted by atomic mass is 16.5. The molecule has 17 heavy (non-hydrogen) atoms. The molecule has 0 unspecified atom stereocenters. The molecule has 0 aromatic rings. The maximum Gasteiger partial charge on any atom is 0.233 e. The Balaban J connectivity index is 1.91. The number of amides is 2. The lowest BCUT2D eigenvalue weighted by molar-refractivity contribution is -0.140. The highest BCUT2D eigenvalue weighted by molar-refractivity contribution is 6.05. The summed E-state index contributed by atoms with van der Waals surface area (Å²) in [5, 5.41) is 8.55. The Hall–Kier alpha value is -1.20. The number of ether oxygens (including phenoxy) is 1. The van der Waals surface area contributed by atoms with Crippen LogP contribution in [-0.2, 0) is 14.3 Å². The number of fused-ring (bicyclic) bond motifs is 1. The minimum atomic E-state index is -0.162. The Morgan fingerprint density at radius 1 is 1.18 bits per heavy atom. The van der Waals surface area contributed by atoms with E-state index in [1.807, 2.05) is 12.2 Å². The summed E-state index contributed by atoms with van der Waals surface area (Å²) >= 11 is 0. The van der Waals surface area contributed by atoms with Crippen LogP contribution in [0.1, 0.15) is 12.8 Å². The third-order valence-corrected chi connectivity index (χ3v) is 3.29. The van der Waals surface area contributed by atoms with E-state index in [0.717, 1.165) is 0 Å². The molecule has 0 bridgehead atoms. The highest BCUT2D eigenvalue weighted by Crippen LogP contribution is 2.34. The van der Waals surface area contributed by atoms with E-state index in [9.17, 15) is 9.59 Å². The fourth-order valence-electron chi connectivity index (χ4n) is 2.41. The molecule has 2 amide bonds. The van der Waals surface area contributed by atoms with Crippen LogP contribution in [0.15, 0.2) is 12.2 Å². The van der Waals surface area contributed by atoms with Crippen molar-refractivity contribution in [3.8, 4) is 0 Å². The van der Waals surface area contributed by atoms with Crippen molar-refractivity contribution >= 4 is 11.8 Å². The molecule has 1 aliphatic heterocycles. The monoisotopic (exact) mass is 239 g/mol. The predicted molar refractivity (Wildman–Crippen MR) is 60.0 cm³/mol. The molecule has 94 valence electrons. The molecule has 1 saturated heterocycles. The van der Waals surface area contributed by atoms with Gasteiger partial charge >= 0.3 is 0 Å². The molecule has 0 aromatic heterocycles. The Kier molecular flexibility index (Phi) is 3.91. The van der Waals surface area contributed by atoms with E-state index < -0.39 is 0 Å². The number of carbonyl (C=O) groups excluding carboxylic acids is 2. The summed E-state index contributed by atoms with van der Waals surface area (Å²) < 4.78 is 5.08. The number of allylic oxidation sites excluding steroid dienone is 2. The van der Waals surface area contributed by atoms with E-state index in [1.165, 1.54) is 4.90 Å². The third kappa shape index (κ3) is 2.40. The van der Waals surface area contributed by atoms with Gasteiger partial charge in [0.15, 0.2) is 0 Å². The van der Waals surface area contributed by atoms with Crippen molar-refractivity contribution in [2.24, 2.45) is 11.8 Å². The average molecular weight is 239 g/mol. The predicted octanol–water partition coefficient (Wildman–Crippen LogP) is -0.0535. The van der Waals surface area contributed by atoms with Gasteiger partial charge in [-0.15, -0.1) is 0 Å². The topological polar surface area (TPSA) is 66.8 Å². The first-order chi connectivity index (χ1) is 8.25. The Bertz CT molecular complexity index is 313. The second-order valence-electron chi connectivity index (χ2n) is 4.32. The van der Waals surface area contributed by atoms with E-state index in [4.69, 9.17) is 9.84 Å². The summed E-state index contributed by atoms with van der Waals surface area (Å²) in [6.45, 7) is 0.789. The van der Waals surface area contributed by atoms with Gasteiger partial charge in [-0.05, 0) is 12.8 Å². The molecule has 0 radical (unpaired) electrons. The van der Waals surface area contributed by atoms with Gasteiger partial charge in [-0.3, -0.25) is 14.5 Å². The molecule has 2 rings (SSSR count). The van der Waals surface area contributed by atoms with Crippen molar-refractivity contribution in [1.29, 1.82) is 0 Å². The first-order valence-corrected chi connectivity index (χ1v) is 5.94. The Labute approximate surface area is 100 Å². The van der Waals surface area contributed by atoms with Crippen LogP contribution in [0.3, 0.4) is 0 Å². The van der Waals surface area contributed by atoms with Gasteiger partial charge in [0, 0.05) is 0 Å². The number of aliphatic hydroxyl groups excluding tert-OH is 1. The van der Waals surface area contributed by atoms with Crippen LogP contribution in [0.2, 0.25) is 0 Å². The average Bonchev–Trinajstić information content (AvgIpc) is 2.60. The molecule has 0 saturated carbocycles. The van der Waals surface area contributed by atoms with Crippen LogP contribution in [0.25, 0.3) is 0 Å². The number of aliphatic hydroxyl groups is 1. The van der Waals surface area contributed by atoms with Gasteiger partial charge in [-0.2, -0.15) is 0 Å². The van der Waals surface area contributed by atoms with Crippen LogP contribution < -0.4 is 0 Å². The van der Waals surface area contributed by atoms with Crippen molar-refractivity contribution in [3.63, 3.8) is 0 Å². The fourth-order valence-corrected chi connectivity index (χ4v) is 2.41. The zero-order valence-corrected chi connectivity index (χ0v) is 9.67. The van der Waals surface area contributed by atoms with Gasteiger partial charge < -0.3 is 9.84 Å². The first-order valence-electron chi connectivity index (χ1n) is 5.94. The molecular weight excluding hydrogens is 222 g/mol. The second-order valence-corrected chi connectivity index (χ2v) is 4.32. The number of likely N-dealkylation sites (tertiary alicyclic amines) is 1. The van der Waals surface area contributed by atoms with E-state index >= 15 is 0 Å². The van der Waals surface area contributed by atoms with Crippen molar-refractivity contribution in [1.82, 2.24) is 4.90 Å². The van der Waals surface area contributed by atoms with E-state index in [2.05, 4.69) is 0 Å². The molecule has 1 heterocycles. The summed E-state index contributed by atoms with van der Waals surface area (Å²) in [4.78, 5) is 25.3. The smallest absolute Gasteiger partial charge is 0.233 e. The molecule has 1 aliphatic carbocycles. The lowest BCUT2D eigenvalue weighted by Gasteiger charge is -2.14. The normalized spacial score (nSPS) is 27.7. The molecule has 2 aliphatic rings. The second kappa shape index (κ2) is 5.42. The van der Waals surface area contributed by atoms with E-state index in [-0.39, 0.29) is 36.9 Å². The van der Waals surface area contributed by atoms with Gasteiger partial charge in [0.2, 0.25) is 11.8 Å². The third-order valence-electron chi connectivity index (χ3n) is 3.29. The van der Waals surface area contributed by atoms with Gasteiger partial charge in [0.1, 0.15) is 0 Å².